The van der Waals surface area contributed by atoms with Crippen LogP contribution in [0.2, 0.25) is 5.02 Å². The lowest BCUT2D eigenvalue weighted by molar-refractivity contribution is -0.109. The number of halogens is 1. The summed E-state index contributed by atoms with van der Waals surface area (Å²) in [5.41, 5.74) is 0.837. The van der Waals surface area contributed by atoms with E-state index in [-0.39, 0.29) is 5.57 Å². The molecule has 0 fully saturated rings. The van der Waals surface area contributed by atoms with Gasteiger partial charge in [0.05, 0.1) is 5.57 Å². The quantitative estimate of drug-likeness (QED) is 0.320. The van der Waals surface area contributed by atoms with Gasteiger partial charge in [-0.3, -0.25) is 9.59 Å². The minimum absolute atomic E-state index is 0.0993. The number of rotatable bonds is 3. The van der Waals surface area contributed by atoms with E-state index >= 15 is 0 Å². The minimum atomic E-state index is 0.0993. The molecule has 3 heteroatoms. The molecule has 0 N–H and O–H groups in total. The Labute approximate surface area is 80.8 Å². The summed E-state index contributed by atoms with van der Waals surface area (Å²) in [5, 5.41) is 0.574. The maximum Gasteiger partial charge on any atom is 0.153 e. The van der Waals surface area contributed by atoms with E-state index in [1.165, 1.54) is 6.08 Å². The first-order valence-corrected chi connectivity index (χ1v) is 4.01. The van der Waals surface area contributed by atoms with Gasteiger partial charge in [-0.25, -0.2) is 0 Å². The summed E-state index contributed by atoms with van der Waals surface area (Å²) in [6.45, 7) is 0. The second-order valence-corrected chi connectivity index (χ2v) is 2.87. The predicted molar refractivity (Wildman–Crippen MR) is 51.6 cm³/mol. The van der Waals surface area contributed by atoms with Gasteiger partial charge in [0.15, 0.2) is 12.6 Å². The molecule has 1 rings (SSSR count). The average Bonchev–Trinajstić information content (AvgIpc) is 2.14. The fraction of sp³-hybridized carbons (Fsp3) is 0. The lowest BCUT2D eigenvalue weighted by Crippen LogP contribution is -1.85. The molecule has 66 valence electrons. The van der Waals surface area contributed by atoms with E-state index in [1.54, 1.807) is 24.3 Å². The van der Waals surface area contributed by atoms with Gasteiger partial charge in [-0.2, -0.15) is 0 Å². The number of aldehydes is 2. The number of carbonyl (C=O) groups excluding carboxylic acids is 2. The number of benzene rings is 1. The molecule has 0 aliphatic rings. The summed E-state index contributed by atoms with van der Waals surface area (Å²) in [4.78, 5) is 20.6. The molecule has 13 heavy (non-hydrogen) atoms. The van der Waals surface area contributed by atoms with Gasteiger partial charge in [0.25, 0.3) is 0 Å². The standard InChI is InChI=1S/C10H7ClO2/c11-10-3-1-2-8(5-10)4-9(6-12)7-13/h1-7H. The second-order valence-electron chi connectivity index (χ2n) is 2.44. The van der Waals surface area contributed by atoms with Crippen molar-refractivity contribution in [1.82, 2.24) is 0 Å². The van der Waals surface area contributed by atoms with Crippen LogP contribution in [0, 0.1) is 0 Å². The summed E-state index contributed by atoms with van der Waals surface area (Å²) in [6.07, 6.45) is 2.49. The summed E-state index contributed by atoms with van der Waals surface area (Å²) >= 11 is 5.71. The Morgan fingerprint density at radius 1 is 1.23 bits per heavy atom. The first-order valence-electron chi connectivity index (χ1n) is 3.64. The van der Waals surface area contributed by atoms with Crippen molar-refractivity contribution in [1.29, 1.82) is 0 Å². The van der Waals surface area contributed by atoms with Crippen molar-refractivity contribution in [3.05, 3.63) is 40.4 Å². The zero-order chi connectivity index (χ0) is 9.68. The van der Waals surface area contributed by atoms with Gasteiger partial charge in [0.1, 0.15) is 0 Å². The fourth-order valence-electron chi connectivity index (χ4n) is 0.885. The molecule has 1 aromatic carbocycles. The van der Waals surface area contributed by atoms with Crippen molar-refractivity contribution >= 4 is 30.2 Å². The van der Waals surface area contributed by atoms with E-state index in [1.807, 2.05) is 0 Å². The topological polar surface area (TPSA) is 34.1 Å². The van der Waals surface area contributed by atoms with Crippen molar-refractivity contribution in [2.75, 3.05) is 0 Å². The van der Waals surface area contributed by atoms with E-state index in [2.05, 4.69) is 0 Å². The lowest BCUT2D eigenvalue weighted by Gasteiger charge is -1.93. The molecule has 0 amide bonds. The van der Waals surface area contributed by atoms with E-state index in [9.17, 15) is 9.59 Å². The Balaban J connectivity index is 3.02. The minimum Gasteiger partial charge on any atom is -0.298 e. The van der Waals surface area contributed by atoms with E-state index < -0.39 is 0 Å². The number of hydrogen-bond acceptors (Lipinski definition) is 2. The Bertz CT molecular complexity index is 346. The van der Waals surface area contributed by atoms with E-state index in [0.29, 0.717) is 17.6 Å². The second kappa shape index (κ2) is 4.58. The molecule has 0 bridgehead atoms. The summed E-state index contributed by atoms with van der Waals surface area (Å²) in [5.74, 6) is 0. The van der Waals surface area contributed by atoms with Crippen molar-refractivity contribution in [3.63, 3.8) is 0 Å². The van der Waals surface area contributed by atoms with E-state index in [0.717, 1.165) is 5.56 Å². The molecule has 2 nitrogen and oxygen atoms in total. The average molecular weight is 195 g/mol. The molecule has 0 spiro atoms. The molecule has 0 aliphatic carbocycles. The van der Waals surface area contributed by atoms with Gasteiger partial charge >= 0.3 is 0 Å². The van der Waals surface area contributed by atoms with Gasteiger partial charge in [-0.15, -0.1) is 0 Å². The Morgan fingerprint density at radius 2 is 1.92 bits per heavy atom. The molecule has 0 heterocycles. The molecular weight excluding hydrogens is 188 g/mol. The molecule has 0 radical (unpaired) electrons. The maximum absolute atomic E-state index is 10.3. The normalized spacial score (nSPS) is 9.00. The van der Waals surface area contributed by atoms with Gasteiger partial charge < -0.3 is 0 Å². The third-order valence-electron chi connectivity index (χ3n) is 1.45. The van der Waals surface area contributed by atoms with Crippen LogP contribution in [0.25, 0.3) is 6.08 Å². The van der Waals surface area contributed by atoms with Gasteiger partial charge in [0, 0.05) is 5.02 Å². The van der Waals surface area contributed by atoms with Crippen molar-refractivity contribution in [2.45, 2.75) is 0 Å². The predicted octanol–water partition coefficient (Wildman–Crippen LogP) is 2.12. The smallest absolute Gasteiger partial charge is 0.153 e. The highest BCUT2D eigenvalue weighted by Crippen LogP contribution is 2.12. The Kier molecular flexibility index (Phi) is 3.41. The Hall–Kier alpha value is -1.41. The first kappa shape index (κ1) is 9.68. The van der Waals surface area contributed by atoms with Gasteiger partial charge in [0.2, 0.25) is 0 Å². The van der Waals surface area contributed by atoms with Crippen LogP contribution in [0.3, 0.4) is 0 Å². The van der Waals surface area contributed by atoms with Gasteiger partial charge in [-0.1, -0.05) is 23.7 Å². The fourth-order valence-corrected chi connectivity index (χ4v) is 1.08. The zero-order valence-corrected chi connectivity index (χ0v) is 7.49. The maximum atomic E-state index is 10.3. The summed E-state index contributed by atoms with van der Waals surface area (Å²) < 4.78 is 0. The molecular formula is C10H7ClO2. The molecule has 0 atom stereocenters. The highest BCUT2D eigenvalue weighted by molar-refractivity contribution is 6.30. The molecule has 0 aliphatic heterocycles. The number of allylic oxidation sites excluding steroid dienone is 1. The molecule has 0 unspecified atom stereocenters. The highest BCUT2D eigenvalue weighted by atomic mass is 35.5. The van der Waals surface area contributed by atoms with E-state index in [4.69, 9.17) is 11.6 Å². The van der Waals surface area contributed by atoms with Crippen LogP contribution in [0.4, 0.5) is 0 Å². The largest absolute Gasteiger partial charge is 0.298 e. The van der Waals surface area contributed by atoms with Crippen LogP contribution in [0.5, 0.6) is 0 Å². The zero-order valence-electron chi connectivity index (χ0n) is 6.74. The van der Waals surface area contributed by atoms with Crippen LogP contribution >= 0.6 is 11.6 Å². The third kappa shape index (κ3) is 2.84. The summed E-state index contributed by atoms with van der Waals surface area (Å²) in [6, 6.07) is 6.91. The highest BCUT2D eigenvalue weighted by Gasteiger charge is 1.94. The summed E-state index contributed by atoms with van der Waals surface area (Å²) in [7, 11) is 0. The van der Waals surface area contributed by atoms with Crippen LogP contribution in [-0.4, -0.2) is 12.6 Å². The Morgan fingerprint density at radius 3 is 2.46 bits per heavy atom. The van der Waals surface area contributed by atoms with Gasteiger partial charge in [-0.05, 0) is 23.8 Å². The SMILES string of the molecule is O=CC(C=O)=Cc1cccc(Cl)c1. The van der Waals surface area contributed by atoms with Crippen LogP contribution in [-0.2, 0) is 9.59 Å². The van der Waals surface area contributed by atoms with Crippen molar-refractivity contribution in [2.24, 2.45) is 0 Å². The van der Waals surface area contributed by atoms with Crippen LogP contribution in [0.15, 0.2) is 29.8 Å². The molecule has 0 aromatic heterocycles. The molecule has 1 aromatic rings. The van der Waals surface area contributed by atoms with Crippen LogP contribution < -0.4 is 0 Å². The monoisotopic (exact) mass is 194 g/mol. The van der Waals surface area contributed by atoms with Crippen LogP contribution in [0.1, 0.15) is 5.56 Å². The number of hydrogen-bond donors (Lipinski definition) is 0. The first-order chi connectivity index (χ1) is 6.26. The number of carbonyl (C=O) groups is 2. The van der Waals surface area contributed by atoms with Crippen molar-refractivity contribution in [3.8, 4) is 0 Å². The lowest BCUT2D eigenvalue weighted by atomic mass is 10.1. The third-order valence-corrected chi connectivity index (χ3v) is 1.69. The van der Waals surface area contributed by atoms with Crippen molar-refractivity contribution < 1.29 is 9.59 Å². The molecule has 0 saturated carbocycles. The molecule has 0 saturated heterocycles.